The van der Waals surface area contributed by atoms with E-state index in [2.05, 4.69) is 26.1 Å². The number of nitrogens with one attached hydrogen (secondary N) is 1. The Kier molecular flexibility index (Phi) is 5.21. The average molecular weight is 265 g/mol. The van der Waals surface area contributed by atoms with Crippen molar-refractivity contribution in [1.82, 2.24) is 0 Å². The first-order chi connectivity index (χ1) is 8.88. The fourth-order valence-electron chi connectivity index (χ4n) is 1.69. The van der Waals surface area contributed by atoms with E-state index < -0.39 is 0 Å². The van der Waals surface area contributed by atoms with Gasteiger partial charge in [-0.25, -0.2) is 0 Å². The summed E-state index contributed by atoms with van der Waals surface area (Å²) in [6.45, 7) is 8.74. The summed E-state index contributed by atoms with van der Waals surface area (Å²) in [6, 6.07) is 5.96. The van der Waals surface area contributed by atoms with Gasteiger partial charge in [0.15, 0.2) is 0 Å². The van der Waals surface area contributed by atoms with E-state index in [1.807, 2.05) is 18.2 Å². The van der Waals surface area contributed by atoms with Gasteiger partial charge in [-0.2, -0.15) is 0 Å². The number of benzene rings is 1. The minimum Gasteiger partial charge on any atom is -0.495 e. The standard InChI is InChI=1S/C15H23NO3/c1-6-19-14(17)10-16-12-9-11(15(2,3)4)7-8-13(12)18-5/h7-9,16H,6,10H2,1-5H3. The summed E-state index contributed by atoms with van der Waals surface area (Å²) < 4.78 is 10.2. The molecule has 0 bridgehead atoms. The molecule has 0 saturated heterocycles. The Morgan fingerprint density at radius 1 is 1.32 bits per heavy atom. The lowest BCUT2D eigenvalue weighted by molar-refractivity contribution is -0.140. The highest BCUT2D eigenvalue weighted by atomic mass is 16.5. The molecule has 0 atom stereocenters. The van der Waals surface area contributed by atoms with E-state index in [0.717, 1.165) is 11.4 Å². The predicted molar refractivity (Wildman–Crippen MR) is 76.8 cm³/mol. The molecule has 0 saturated carbocycles. The van der Waals surface area contributed by atoms with Crippen LogP contribution in [0.15, 0.2) is 18.2 Å². The SMILES string of the molecule is CCOC(=O)CNc1cc(C(C)(C)C)ccc1OC. The van der Waals surface area contributed by atoms with Crippen molar-refractivity contribution in [2.45, 2.75) is 33.1 Å². The Bertz CT molecular complexity index is 436. The van der Waals surface area contributed by atoms with Crippen LogP contribution in [0.2, 0.25) is 0 Å². The highest BCUT2D eigenvalue weighted by molar-refractivity contribution is 5.76. The molecular weight excluding hydrogens is 242 g/mol. The van der Waals surface area contributed by atoms with Crippen molar-refractivity contribution in [2.24, 2.45) is 0 Å². The third kappa shape index (κ3) is 4.47. The van der Waals surface area contributed by atoms with Crippen LogP contribution in [0.5, 0.6) is 5.75 Å². The van der Waals surface area contributed by atoms with Crippen molar-refractivity contribution in [3.8, 4) is 5.75 Å². The van der Waals surface area contributed by atoms with Gasteiger partial charge in [0.25, 0.3) is 0 Å². The molecule has 0 aromatic heterocycles. The van der Waals surface area contributed by atoms with Gasteiger partial charge in [0.05, 0.1) is 19.4 Å². The number of anilines is 1. The van der Waals surface area contributed by atoms with E-state index in [-0.39, 0.29) is 17.9 Å². The fraction of sp³-hybridized carbons (Fsp3) is 0.533. The van der Waals surface area contributed by atoms with E-state index in [1.165, 1.54) is 5.56 Å². The molecule has 0 radical (unpaired) electrons. The van der Waals surface area contributed by atoms with Crippen LogP contribution in [0.25, 0.3) is 0 Å². The number of ether oxygens (including phenoxy) is 2. The molecule has 19 heavy (non-hydrogen) atoms. The van der Waals surface area contributed by atoms with Gasteiger partial charge in [-0.3, -0.25) is 4.79 Å². The lowest BCUT2D eigenvalue weighted by Crippen LogP contribution is -2.18. The highest BCUT2D eigenvalue weighted by Crippen LogP contribution is 2.31. The molecule has 4 heteroatoms. The predicted octanol–water partition coefficient (Wildman–Crippen LogP) is 2.97. The van der Waals surface area contributed by atoms with Gasteiger partial charge in [0, 0.05) is 0 Å². The maximum Gasteiger partial charge on any atom is 0.325 e. The second-order valence-corrected chi connectivity index (χ2v) is 5.32. The normalized spacial score (nSPS) is 11.0. The van der Waals surface area contributed by atoms with E-state index in [4.69, 9.17) is 9.47 Å². The highest BCUT2D eigenvalue weighted by Gasteiger charge is 2.16. The molecule has 0 heterocycles. The van der Waals surface area contributed by atoms with Crippen molar-refractivity contribution >= 4 is 11.7 Å². The van der Waals surface area contributed by atoms with Crippen LogP contribution < -0.4 is 10.1 Å². The van der Waals surface area contributed by atoms with Crippen LogP contribution >= 0.6 is 0 Å². The number of hydrogen-bond donors (Lipinski definition) is 1. The monoisotopic (exact) mass is 265 g/mol. The summed E-state index contributed by atoms with van der Waals surface area (Å²) >= 11 is 0. The third-order valence-electron chi connectivity index (χ3n) is 2.79. The molecule has 1 N–H and O–H groups in total. The third-order valence-corrected chi connectivity index (χ3v) is 2.79. The lowest BCUT2D eigenvalue weighted by atomic mass is 9.87. The van der Waals surface area contributed by atoms with Crippen molar-refractivity contribution in [3.63, 3.8) is 0 Å². The average Bonchev–Trinajstić information content (AvgIpc) is 2.35. The van der Waals surface area contributed by atoms with Crippen molar-refractivity contribution in [2.75, 3.05) is 25.6 Å². The molecule has 0 spiro atoms. The van der Waals surface area contributed by atoms with Gasteiger partial charge in [-0.05, 0) is 30.0 Å². The Hall–Kier alpha value is -1.71. The summed E-state index contributed by atoms with van der Waals surface area (Å²) in [5.74, 6) is 0.447. The lowest BCUT2D eigenvalue weighted by Gasteiger charge is -2.21. The maximum absolute atomic E-state index is 11.4. The maximum atomic E-state index is 11.4. The molecule has 106 valence electrons. The molecule has 0 fully saturated rings. The second kappa shape index (κ2) is 6.45. The minimum atomic E-state index is -0.272. The van der Waals surface area contributed by atoms with Crippen molar-refractivity contribution in [1.29, 1.82) is 0 Å². The topological polar surface area (TPSA) is 47.6 Å². The van der Waals surface area contributed by atoms with Crippen molar-refractivity contribution in [3.05, 3.63) is 23.8 Å². The van der Waals surface area contributed by atoms with Crippen LogP contribution in [0, 0.1) is 0 Å². The summed E-state index contributed by atoms with van der Waals surface area (Å²) in [5, 5.41) is 3.06. The summed E-state index contributed by atoms with van der Waals surface area (Å²) in [4.78, 5) is 11.4. The molecule has 0 unspecified atom stereocenters. The summed E-state index contributed by atoms with van der Waals surface area (Å²) in [6.07, 6.45) is 0. The molecule has 0 aliphatic heterocycles. The molecule has 0 aliphatic rings. The molecule has 1 aromatic rings. The van der Waals surface area contributed by atoms with Gasteiger partial charge in [-0.15, -0.1) is 0 Å². The number of esters is 1. The summed E-state index contributed by atoms with van der Waals surface area (Å²) in [5.41, 5.74) is 2.04. The minimum absolute atomic E-state index is 0.0482. The molecule has 1 rings (SSSR count). The first-order valence-electron chi connectivity index (χ1n) is 6.46. The molecule has 0 aliphatic carbocycles. The van der Waals surface area contributed by atoms with Crippen LogP contribution in [0.3, 0.4) is 0 Å². The number of rotatable bonds is 5. The Labute approximate surface area is 115 Å². The smallest absolute Gasteiger partial charge is 0.325 e. The van der Waals surface area contributed by atoms with Gasteiger partial charge in [0.2, 0.25) is 0 Å². The zero-order chi connectivity index (χ0) is 14.5. The molecule has 1 aromatic carbocycles. The second-order valence-electron chi connectivity index (χ2n) is 5.32. The van der Waals surface area contributed by atoms with Crippen molar-refractivity contribution < 1.29 is 14.3 Å². The quantitative estimate of drug-likeness (QED) is 0.831. The first-order valence-corrected chi connectivity index (χ1v) is 6.46. The number of hydrogen-bond acceptors (Lipinski definition) is 4. The molecular formula is C15H23NO3. The largest absolute Gasteiger partial charge is 0.495 e. The van der Waals surface area contributed by atoms with E-state index in [1.54, 1.807) is 14.0 Å². The molecule has 0 amide bonds. The van der Waals surface area contributed by atoms with E-state index in [9.17, 15) is 4.79 Å². The zero-order valence-electron chi connectivity index (χ0n) is 12.4. The number of carbonyl (C=O) groups excluding carboxylic acids is 1. The van der Waals surface area contributed by atoms with Gasteiger partial charge >= 0.3 is 5.97 Å². The zero-order valence-corrected chi connectivity index (χ0v) is 12.4. The van der Waals surface area contributed by atoms with Crippen LogP contribution in [0.1, 0.15) is 33.3 Å². The Morgan fingerprint density at radius 2 is 2.00 bits per heavy atom. The number of methoxy groups -OCH3 is 1. The van der Waals surface area contributed by atoms with Gasteiger partial charge in [-0.1, -0.05) is 26.8 Å². The van der Waals surface area contributed by atoms with E-state index >= 15 is 0 Å². The van der Waals surface area contributed by atoms with Crippen LogP contribution in [-0.4, -0.2) is 26.2 Å². The van der Waals surface area contributed by atoms with Crippen LogP contribution in [0.4, 0.5) is 5.69 Å². The van der Waals surface area contributed by atoms with Crippen LogP contribution in [-0.2, 0) is 14.9 Å². The first kappa shape index (κ1) is 15.3. The fourth-order valence-corrected chi connectivity index (χ4v) is 1.69. The Balaban J connectivity index is 2.88. The number of carbonyl (C=O) groups is 1. The van der Waals surface area contributed by atoms with Gasteiger partial charge < -0.3 is 14.8 Å². The summed E-state index contributed by atoms with van der Waals surface area (Å²) in [7, 11) is 1.61. The van der Waals surface area contributed by atoms with E-state index in [0.29, 0.717) is 6.61 Å². The molecule has 4 nitrogen and oxygen atoms in total. The Morgan fingerprint density at radius 3 is 2.53 bits per heavy atom. The van der Waals surface area contributed by atoms with Gasteiger partial charge in [0.1, 0.15) is 12.3 Å².